The summed E-state index contributed by atoms with van der Waals surface area (Å²) in [4.78, 5) is 96.5. The van der Waals surface area contributed by atoms with Gasteiger partial charge in [-0.15, -0.1) is 0 Å². The van der Waals surface area contributed by atoms with Gasteiger partial charge in [0.25, 0.3) is 11.7 Å². The Morgan fingerprint density at radius 3 is 2.21 bits per heavy atom. The summed E-state index contributed by atoms with van der Waals surface area (Å²) in [6.45, 7) is -3.41. The minimum absolute atomic E-state index is 0.0198. The smallest absolute Gasteiger partial charge is 0.329 e. The second-order valence-electron chi connectivity index (χ2n) is 8.58. The molecule has 1 heterocycles. The zero-order valence-corrected chi connectivity index (χ0v) is 22.3. The maximum absolute atomic E-state index is 12.7. The van der Waals surface area contributed by atoms with E-state index in [1.165, 1.54) is 0 Å². The van der Waals surface area contributed by atoms with Gasteiger partial charge in [-0.1, -0.05) is 35.3 Å². The predicted molar refractivity (Wildman–Crippen MR) is 143 cm³/mol. The summed E-state index contributed by atoms with van der Waals surface area (Å²) in [6, 6.07) is 7.38. The minimum Gasteiger partial charge on any atom is -0.355 e. The lowest BCUT2D eigenvalue weighted by Crippen LogP contribution is -2.52. The molecule has 1 aliphatic heterocycles. The van der Waals surface area contributed by atoms with E-state index in [9.17, 15) is 49.0 Å². The van der Waals surface area contributed by atoms with Gasteiger partial charge in [-0.05, 0) is 5.56 Å². The molecule has 228 valence electrons. The molecule has 0 saturated heterocycles. The lowest BCUT2D eigenvalue weighted by molar-refractivity contribution is -0.636. The summed E-state index contributed by atoms with van der Waals surface area (Å²) < 4.78 is 4.79. The topological polar surface area (TPSA) is 274 Å². The molecule has 0 bridgehead atoms. The Morgan fingerprint density at radius 1 is 0.953 bits per heavy atom. The molecule has 43 heavy (non-hydrogen) atoms. The zero-order chi connectivity index (χ0) is 31.9. The van der Waals surface area contributed by atoms with Gasteiger partial charge in [0.15, 0.2) is 19.4 Å². The molecule has 0 aliphatic carbocycles. The molecule has 1 unspecified atom stereocenters. The predicted octanol–water partition coefficient (Wildman–Crippen LogP) is -4.64. The Bertz CT molecular complexity index is 1280. The van der Waals surface area contributed by atoms with Crippen molar-refractivity contribution in [2.45, 2.75) is 18.6 Å². The molecular formula is C22H26BN9O11. The number of benzene rings is 1. The molecule has 1 aromatic carbocycles. The molecule has 2 atom stereocenters. The lowest BCUT2D eigenvalue weighted by atomic mass is 10.1. The van der Waals surface area contributed by atoms with Crippen LogP contribution in [0.2, 0.25) is 0 Å². The van der Waals surface area contributed by atoms with Crippen molar-refractivity contribution in [1.29, 1.82) is 0 Å². The van der Waals surface area contributed by atoms with Gasteiger partial charge in [0, 0.05) is 11.3 Å². The summed E-state index contributed by atoms with van der Waals surface area (Å²) >= 11 is 0. The first-order valence-corrected chi connectivity index (χ1v) is 12.3. The molecule has 0 fully saturated rings. The quantitative estimate of drug-likeness (QED) is 0.0370. The van der Waals surface area contributed by atoms with Gasteiger partial charge in [-0.25, -0.2) is 10.1 Å². The van der Waals surface area contributed by atoms with E-state index in [0.717, 1.165) is 0 Å². The molecule has 5 N–H and O–H groups in total. The minimum atomic E-state index is -1.73. The van der Waals surface area contributed by atoms with Crippen molar-refractivity contribution in [3.8, 4) is 0 Å². The number of aliphatic imine (C=N–C) groups is 1. The van der Waals surface area contributed by atoms with Crippen LogP contribution in [0.25, 0.3) is 0 Å². The van der Waals surface area contributed by atoms with Crippen LogP contribution in [0.3, 0.4) is 0 Å². The highest BCUT2D eigenvalue weighted by atomic mass is 16.7. The van der Waals surface area contributed by atoms with Crippen molar-refractivity contribution < 1.29 is 43.5 Å². The highest BCUT2D eigenvalue weighted by Gasteiger charge is 2.43. The molecule has 2 rings (SSSR count). The molecule has 1 aliphatic rings. The number of carbonyl (C=O) groups excluding carboxylic acids is 6. The number of nitro groups is 2. The maximum Gasteiger partial charge on any atom is 0.329 e. The Labute approximate surface area is 243 Å². The van der Waals surface area contributed by atoms with E-state index in [2.05, 4.69) is 26.3 Å². The number of hydrazine groups is 1. The first kappa shape index (κ1) is 33.7. The molecule has 0 aromatic heterocycles. The van der Waals surface area contributed by atoms with E-state index in [1.807, 2.05) is 5.32 Å². The van der Waals surface area contributed by atoms with Crippen LogP contribution in [0.5, 0.6) is 0 Å². The number of amides is 5. The van der Waals surface area contributed by atoms with Crippen LogP contribution in [-0.2, 0) is 39.9 Å². The van der Waals surface area contributed by atoms with E-state index < -0.39 is 96.0 Å². The number of carbonyl (C=O) groups is 6. The van der Waals surface area contributed by atoms with Crippen molar-refractivity contribution in [1.82, 2.24) is 31.6 Å². The van der Waals surface area contributed by atoms with Crippen LogP contribution >= 0.6 is 0 Å². The molecule has 1 aromatic rings. The Kier molecular flexibility index (Phi) is 13.1. The molecule has 20 nitrogen and oxygen atoms in total. The van der Waals surface area contributed by atoms with Crippen LogP contribution in [0.4, 0.5) is 0 Å². The molecular weight excluding hydrogens is 577 g/mol. The molecule has 5 amide bonds. The van der Waals surface area contributed by atoms with Crippen LogP contribution in [0.15, 0.2) is 35.3 Å². The number of amidine groups is 1. The summed E-state index contributed by atoms with van der Waals surface area (Å²) in [6.07, 6.45) is -1.72. The van der Waals surface area contributed by atoms with Gasteiger partial charge < -0.3 is 36.1 Å². The Balaban J connectivity index is 1.87. The Morgan fingerprint density at radius 2 is 1.58 bits per heavy atom. The standard InChI is InChI=1S/C22H26BN9O11/c23-15(33)11-43-12-27-18(35)8-25-21(37)14(6-13-4-2-1-3-5-13)28-19(36)9-24-17(34)7-26-22(38)20-29-16(31(39)40)10-30(20)32(41)42/h1-5,14,16H,6-12H2,(H,24,34)(H,25,37)(H,26,38)(H,27,35)(H,28,36)/t14-,16?/m0/s1. The number of hydrogen-bond acceptors (Lipinski definition) is 12. The summed E-state index contributed by atoms with van der Waals surface area (Å²) in [5.41, 5.74) is -0.0733. The van der Waals surface area contributed by atoms with Gasteiger partial charge in [-0.2, -0.15) is 4.99 Å². The van der Waals surface area contributed by atoms with Crippen LogP contribution in [0.1, 0.15) is 5.56 Å². The number of rotatable bonds is 17. The summed E-state index contributed by atoms with van der Waals surface area (Å²) in [5.74, 6) is -5.18. The molecule has 0 spiro atoms. The van der Waals surface area contributed by atoms with Crippen LogP contribution in [0, 0.1) is 20.2 Å². The third-order valence-electron chi connectivity index (χ3n) is 5.32. The van der Waals surface area contributed by atoms with Crippen molar-refractivity contribution in [2.24, 2.45) is 4.99 Å². The summed E-state index contributed by atoms with van der Waals surface area (Å²) in [5, 5.41) is 32.3. The van der Waals surface area contributed by atoms with Gasteiger partial charge in [0.2, 0.25) is 23.6 Å². The SMILES string of the molecule is [B]C(=O)COCNC(=O)CNC(=O)[C@H](Cc1ccccc1)NC(=O)CNC(=O)CNC(=O)C1=NC([N+](=O)[O-])CN1[N+](=O)[O-]. The first-order valence-electron chi connectivity index (χ1n) is 12.3. The third kappa shape index (κ3) is 11.9. The lowest BCUT2D eigenvalue weighted by Gasteiger charge is -2.19. The number of nitrogens with one attached hydrogen (secondary N) is 5. The number of nitrogens with zero attached hydrogens (tertiary/aromatic N) is 4. The van der Waals surface area contributed by atoms with E-state index in [-0.39, 0.29) is 18.2 Å². The van der Waals surface area contributed by atoms with Crippen molar-refractivity contribution in [2.75, 3.05) is 39.5 Å². The number of ether oxygens (including phenoxy) is 1. The highest BCUT2D eigenvalue weighted by Crippen LogP contribution is 2.10. The van der Waals surface area contributed by atoms with Crippen molar-refractivity contribution in [3.05, 3.63) is 56.1 Å². The highest BCUT2D eigenvalue weighted by molar-refractivity contribution is 6.58. The average Bonchev–Trinajstić information content (AvgIpc) is 3.42. The van der Waals surface area contributed by atoms with E-state index in [4.69, 9.17) is 12.6 Å². The normalized spacial score (nSPS) is 14.5. The van der Waals surface area contributed by atoms with Gasteiger partial charge in [-0.3, -0.25) is 34.1 Å². The van der Waals surface area contributed by atoms with Crippen molar-refractivity contribution >= 4 is 48.9 Å². The fourth-order valence-corrected chi connectivity index (χ4v) is 3.35. The molecule has 2 radical (unpaired) electrons. The van der Waals surface area contributed by atoms with E-state index in [1.54, 1.807) is 30.3 Å². The average molecular weight is 603 g/mol. The largest absolute Gasteiger partial charge is 0.355 e. The zero-order valence-electron chi connectivity index (χ0n) is 22.3. The van der Waals surface area contributed by atoms with E-state index >= 15 is 0 Å². The fraction of sp³-hybridized carbons (Fsp3) is 0.409. The fourth-order valence-electron chi connectivity index (χ4n) is 3.35. The van der Waals surface area contributed by atoms with Crippen molar-refractivity contribution in [3.63, 3.8) is 0 Å². The van der Waals surface area contributed by atoms with E-state index in [0.29, 0.717) is 5.56 Å². The van der Waals surface area contributed by atoms with Crippen LogP contribution in [-0.4, -0.2) is 116 Å². The van der Waals surface area contributed by atoms with Crippen LogP contribution < -0.4 is 26.6 Å². The summed E-state index contributed by atoms with van der Waals surface area (Å²) in [7, 11) is 4.91. The maximum atomic E-state index is 12.7. The monoisotopic (exact) mass is 603 g/mol. The van der Waals surface area contributed by atoms with Gasteiger partial charge in [0.1, 0.15) is 18.5 Å². The number of hydrogen-bond donors (Lipinski definition) is 5. The second kappa shape index (κ2) is 16.7. The molecule has 0 saturated carbocycles. The van der Waals surface area contributed by atoms with Gasteiger partial charge in [0.05, 0.1) is 26.2 Å². The second-order valence-corrected chi connectivity index (χ2v) is 8.58. The third-order valence-corrected chi connectivity index (χ3v) is 5.32. The Hall–Kier alpha value is -5.47. The first-order chi connectivity index (χ1) is 20.4. The van der Waals surface area contributed by atoms with Gasteiger partial charge >= 0.3 is 6.17 Å². The molecule has 21 heteroatoms.